The van der Waals surface area contributed by atoms with Crippen molar-refractivity contribution in [3.05, 3.63) is 99.3 Å². The summed E-state index contributed by atoms with van der Waals surface area (Å²) < 4.78 is 4.78. The molecule has 0 spiro atoms. The molecule has 0 unspecified atom stereocenters. The molecule has 1 aromatic heterocycles. The molecule has 0 atom stereocenters. The predicted molar refractivity (Wildman–Crippen MR) is 101 cm³/mol. The zero-order valence-corrected chi connectivity index (χ0v) is 14.5. The molecule has 0 saturated carbocycles. The van der Waals surface area contributed by atoms with Crippen molar-refractivity contribution in [1.29, 1.82) is 0 Å². The van der Waals surface area contributed by atoms with Gasteiger partial charge in [-0.3, -0.25) is 9.48 Å². The third-order valence-corrected chi connectivity index (χ3v) is 4.62. The normalized spacial score (nSPS) is 11.0. The van der Waals surface area contributed by atoms with Crippen LogP contribution < -0.4 is 5.56 Å². The van der Waals surface area contributed by atoms with Crippen LogP contribution in [0.2, 0.25) is 0 Å². The lowest BCUT2D eigenvalue weighted by Gasteiger charge is -2.13. The minimum atomic E-state index is 0.00357. The molecule has 0 aliphatic rings. The van der Waals surface area contributed by atoms with E-state index in [0.717, 1.165) is 26.6 Å². The van der Waals surface area contributed by atoms with E-state index in [0.29, 0.717) is 6.54 Å². The van der Waals surface area contributed by atoms with E-state index in [-0.39, 0.29) is 5.56 Å². The summed E-state index contributed by atoms with van der Waals surface area (Å²) in [4.78, 5) is 13.0. The second-order valence-electron chi connectivity index (χ2n) is 5.65. The Labute approximate surface area is 147 Å². The summed E-state index contributed by atoms with van der Waals surface area (Å²) in [5.41, 5.74) is 2.96. The van der Waals surface area contributed by atoms with Crippen molar-refractivity contribution in [1.82, 2.24) is 9.36 Å². The van der Waals surface area contributed by atoms with E-state index >= 15 is 0 Å². The number of aromatic nitrogens is 2. The van der Waals surface area contributed by atoms with E-state index < -0.39 is 0 Å². The molecule has 118 valence electrons. The van der Waals surface area contributed by atoms with Crippen molar-refractivity contribution in [2.75, 3.05) is 0 Å². The molecule has 1 heterocycles. The molecule has 4 rings (SSSR count). The van der Waals surface area contributed by atoms with Gasteiger partial charge in [-0.2, -0.15) is 0 Å². The Morgan fingerprint density at radius 3 is 2.21 bits per heavy atom. The Balaban J connectivity index is 1.97. The minimum Gasteiger partial charge on any atom is -0.273 e. The van der Waals surface area contributed by atoms with E-state index in [4.69, 9.17) is 0 Å². The van der Waals surface area contributed by atoms with Gasteiger partial charge in [-0.15, -0.1) is 0 Å². The molecule has 0 amide bonds. The van der Waals surface area contributed by atoms with E-state index in [1.54, 1.807) is 4.68 Å². The standard InChI is InChI=1S/C20H15BrN2O/c21-16-10-12-17(13-11-16)23-20(24)18-8-4-5-9-19(18)22(23)14-15-6-2-1-3-7-15/h1-13H,14H2. The lowest BCUT2D eigenvalue weighted by atomic mass is 10.2. The first-order chi connectivity index (χ1) is 11.7. The van der Waals surface area contributed by atoms with Gasteiger partial charge in [0.2, 0.25) is 0 Å². The monoisotopic (exact) mass is 378 g/mol. The van der Waals surface area contributed by atoms with Gasteiger partial charge in [-0.25, -0.2) is 4.68 Å². The Morgan fingerprint density at radius 2 is 1.46 bits per heavy atom. The summed E-state index contributed by atoms with van der Waals surface area (Å²) in [6.45, 7) is 0.639. The van der Waals surface area contributed by atoms with Crippen LogP contribution in [-0.2, 0) is 6.54 Å². The molecule has 3 aromatic carbocycles. The molecule has 0 N–H and O–H groups in total. The zero-order chi connectivity index (χ0) is 16.5. The number of rotatable bonds is 3. The van der Waals surface area contributed by atoms with Crippen LogP contribution in [0.4, 0.5) is 0 Å². The highest BCUT2D eigenvalue weighted by Gasteiger charge is 2.14. The van der Waals surface area contributed by atoms with Crippen LogP contribution >= 0.6 is 15.9 Å². The van der Waals surface area contributed by atoms with Gasteiger partial charge in [0.1, 0.15) is 0 Å². The van der Waals surface area contributed by atoms with E-state index in [2.05, 4.69) is 28.1 Å². The maximum absolute atomic E-state index is 13.0. The van der Waals surface area contributed by atoms with Crippen molar-refractivity contribution in [2.24, 2.45) is 0 Å². The van der Waals surface area contributed by atoms with Crippen LogP contribution in [0.15, 0.2) is 88.1 Å². The first-order valence-electron chi connectivity index (χ1n) is 7.74. The molecular formula is C20H15BrN2O. The summed E-state index contributed by atoms with van der Waals surface area (Å²) in [6.07, 6.45) is 0. The van der Waals surface area contributed by atoms with Crippen molar-refractivity contribution >= 4 is 26.8 Å². The van der Waals surface area contributed by atoms with Gasteiger partial charge in [-0.05, 0) is 42.0 Å². The summed E-state index contributed by atoms with van der Waals surface area (Å²) in [5, 5.41) is 0.733. The molecule has 24 heavy (non-hydrogen) atoms. The second kappa shape index (κ2) is 6.13. The molecule has 0 aliphatic heterocycles. The number of benzene rings is 3. The van der Waals surface area contributed by atoms with Crippen LogP contribution in [0.1, 0.15) is 5.56 Å². The third kappa shape index (κ3) is 2.59. The molecule has 0 bridgehead atoms. The first-order valence-corrected chi connectivity index (χ1v) is 8.54. The molecular weight excluding hydrogens is 364 g/mol. The Kier molecular flexibility index (Phi) is 3.82. The maximum Gasteiger partial charge on any atom is 0.279 e. The highest BCUT2D eigenvalue weighted by molar-refractivity contribution is 9.10. The summed E-state index contributed by atoms with van der Waals surface area (Å²) in [7, 11) is 0. The molecule has 0 aliphatic carbocycles. The van der Waals surface area contributed by atoms with Gasteiger partial charge in [0.05, 0.1) is 23.1 Å². The van der Waals surface area contributed by atoms with Gasteiger partial charge >= 0.3 is 0 Å². The summed E-state index contributed by atoms with van der Waals surface area (Å²) in [6, 6.07) is 25.7. The fourth-order valence-corrected chi connectivity index (χ4v) is 3.23. The minimum absolute atomic E-state index is 0.00357. The van der Waals surface area contributed by atoms with E-state index in [1.807, 2.05) is 71.4 Å². The second-order valence-corrected chi connectivity index (χ2v) is 6.57. The number of para-hydroxylation sites is 1. The van der Waals surface area contributed by atoms with E-state index in [1.165, 1.54) is 0 Å². The topological polar surface area (TPSA) is 26.9 Å². The quantitative estimate of drug-likeness (QED) is 0.511. The maximum atomic E-state index is 13.0. The van der Waals surface area contributed by atoms with Crippen LogP contribution in [-0.4, -0.2) is 9.36 Å². The molecule has 0 fully saturated rings. The number of fused-ring (bicyclic) bond motifs is 1. The number of nitrogens with zero attached hydrogens (tertiary/aromatic N) is 2. The van der Waals surface area contributed by atoms with Crippen LogP contribution in [0.25, 0.3) is 16.6 Å². The highest BCUT2D eigenvalue weighted by atomic mass is 79.9. The van der Waals surface area contributed by atoms with Crippen LogP contribution in [0.3, 0.4) is 0 Å². The molecule has 3 nitrogen and oxygen atoms in total. The fourth-order valence-electron chi connectivity index (χ4n) is 2.96. The summed E-state index contributed by atoms with van der Waals surface area (Å²) in [5.74, 6) is 0. The highest BCUT2D eigenvalue weighted by Crippen LogP contribution is 2.19. The van der Waals surface area contributed by atoms with Gasteiger partial charge in [0.15, 0.2) is 0 Å². The largest absolute Gasteiger partial charge is 0.279 e. The summed E-state index contributed by atoms with van der Waals surface area (Å²) >= 11 is 3.45. The molecule has 0 radical (unpaired) electrons. The van der Waals surface area contributed by atoms with Crippen molar-refractivity contribution < 1.29 is 0 Å². The number of hydrogen-bond acceptors (Lipinski definition) is 1. The molecule has 4 aromatic rings. The SMILES string of the molecule is O=c1c2ccccc2n(Cc2ccccc2)n1-c1ccc(Br)cc1. The van der Waals surface area contributed by atoms with Crippen molar-refractivity contribution in [2.45, 2.75) is 6.54 Å². The molecule has 0 saturated heterocycles. The lowest BCUT2D eigenvalue weighted by Crippen LogP contribution is -2.21. The molecule has 4 heteroatoms. The number of hydrogen-bond donors (Lipinski definition) is 0. The first kappa shape index (κ1) is 15.0. The van der Waals surface area contributed by atoms with Gasteiger partial charge in [-0.1, -0.05) is 58.4 Å². The Morgan fingerprint density at radius 1 is 0.792 bits per heavy atom. The van der Waals surface area contributed by atoms with Crippen LogP contribution in [0.5, 0.6) is 0 Å². The fraction of sp³-hybridized carbons (Fsp3) is 0.0500. The van der Waals surface area contributed by atoms with Crippen molar-refractivity contribution in [3.8, 4) is 5.69 Å². The van der Waals surface area contributed by atoms with Gasteiger partial charge in [0.25, 0.3) is 5.56 Å². The lowest BCUT2D eigenvalue weighted by molar-refractivity contribution is 0.612. The Bertz CT molecular complexity index is 1050. The van der Waals surface area contributed by atoms with Crippen LogP contribution in [0, 0.1) is 0 Å². The van der Waals surface area contributed by atoms with E-state index in [9.17, 15) is 4.79 Å². The average Bonchev–Trinajstić information content (AvgIpc) is 2.89. The third-order valence-electron chi connectivity index (χ3n) is 4.09. The average molecular weight is 379 g/mol. The zero-order valence-electron chi connectivity index (χ0n) is 12.9. The van der Waals surface area contributed by atoms with Gasteiger partial charge < -0.3 is 0 Å². The predicted octanol–water partition coefficient (Wildman–Crippen LogP) is 4.60. The van der Waals surface area contributed by atoms with Crippen molar-refractivity contribution in [3.63, 3.8) is 0 Å². The smallest absolute Gasteiger partial charge is 0.273 e. The van der Waals surface area contributed by atoms with Gasteiger partial charge in [0, 0.05) is 4.47 Å². The number of halogens is 1. The Hall–Kier alpha value is -2.59.